The molecule has 0 saturated carbocycles. The molecule has 0 saturated heterocycles. The topological polar surface area (TPSA) is 19.7 Å². The average Bonchev–Trinajstić information content (AvgIpc) is 1.54. The standard InChI is InChI=1S/C48H30N2.C42H26N2/c1-2-17-36(18-3-1)49-43-28-27-32-14-6-7-20-38(32)44(43)45-39-21-8-9-22-40(39)47-46(48(45)49)41-23-10-11-24-42(41)50(47)37-19-12-16-34(30-37)35-26-25-31-13-4-5-15-33(31)29-35;1-2-15-30(16-3-1)43-37-25-23-28-13-6-7-17-32(28)38(37)39-33-18-8-9-19-34(33)41-40(42(39)43)35-20-10-11-21-36(35)44(41)31-24-22-27-12-4-5-14-29(27)26-31/h1-30H;1-26H. The van der Waals surface area contributed by atoms with Crippen LogP contribution < -0.4 is 0 Å². The highest BCUT2D eigenvalue weighted by molar-refractivity contribution is 6.41. The highest BCUT2D eigenvalue weighted by Crippen LogP contribution is 2.51. The van der Waals surface area contributed by atoms with E-state index in [1.807, 2.05) is 0 Å². The van der Waals surface area contributed by atoms with Gasteiger partial charge < -0.3 is 18.3 Å². The SMILES string of the molecule is c1ccc(-n2c3ccc4ccccc4c3c3c4ccccc4c4c(c5ccccc5n4-c4ccc5ccccc5c4)c32)cc1.c1ccc(-n2c3ccc4ccccc4c3c3c4ccccc4c4c(c5ccccc5n4-c4cccc(-c5ccc6ccccc6c5)c4)c32)cc1. The lowest BCUT2D eigenvalue weighted by atomic mass is 9.97. The van der Waals surface area contributed by atoms with Crippen molar-refractivity contribution < 1.29 is 0 Å². The quantitative estimate of drug-likeness (QED) is 0.164. The lowest BCUT2D eigenvalue weighted by Crippen LogP contribution is -1.97. The van der Waals surface area contributed by atoms with Crippen LogP contribution in [0.1, 0.15) is 0 Å². The van der Waals surface area contributed by atoms with Gasteiger partial charge in [0.15, 0.2) is 0 Å². The molecule has 4 nitrogen and oxygen atoms in total. The monoisotopic (exact) mass is 1190 g/mol. The summed E-state index contributed by atoms with van der Waals surface area (Å²) < 4.78 is 10.0. The molecule has 4 heteroatoms. The van der Waals surface area contributed by atoms with E-state index in [0.29, 0.717) is 0 Å². The Labute approximate surface area is 540 Å². The Morgan fingerprint density at radius 3 is 1.01 bits per heavy atom. The number of nitrogens with zero attached hydrogens (tertiary/aromatic N) is 4. The Morgan fingerprint density at radius 1 is 0.149 bits per heavy atom. The van der Waals surface area contributed by atoms with E-state index in [2.05, 4.69) is 358 Å². The van der Waals surface area contributed by atoms with Crippen molar-refractivity contribution in [1.29, 1.82) is 0 Å². The summed E-state index contributed by atoms with van der Waals surface area (Å²) in [7, 11) is 0. The molecule has 0 fully saturated rings. The van der Waals surface area contributed by atoms with Gasteiger partial charge in [-0.25, -0.2) is 0 Å². The van der Waals surface area contributed by atoms with Gasteiger partial charge >= 0.3 is 0 Å². The highest BCUT2D eigenvalue weighted by atomic mass is 15.0. The van der Waals surface area contributed by atoms with Gasteiger partial charge in [0.1, 0.15) is 0 Å². The van der Waals surface area contributed by atoms with E-state index >= 15 is 0 Å². The van der Waals surface area contributed by atoms with E-state index in [-0.39, 0.29) is 0 Å². The van der Waals surface area contributed by atoms with Gasteiger partial charge in [0.05, 0.1) is 44.1 Å². The third-order valence-electron chi connectivity index (χ3n) is 20.0. The van der Waals surface area contributed by atoms with Crippen molar-refractivity contribution in [3.63, 3.8) is 0 Å². The Balaban J connectivity index is 0.000000130. The molecule has 436 valence electrons. The van der Waals surface area contributed by atoms with Gasteiger partial charge in [-0.2, -0.15) is 0 Å². The molecule has 0 unspecified atom stereocenters. The fourth-order valence-electron chi connectivity index (χ4n) is 16.1. The molecular weight excluding hydrogens is 1140 g/mol. The Kier molecular flexibility index (Phi) is 11.4. The van der Waals surface area contributed by atoms with Crippen LogP contribution in [0.15, 0.2) is 340 Å². The molecule has 0 amide bonds. The summed E-state index contributed by atoms with van der Waals surface area (Å²) in [6.45, 7) is 0. The molecule has 0 radical (unpaired) electrons. The van der Waals surface area contributed by atoms with E-state index in [1.54, 1.807) is 0 Å². The maximum Gasteiger partial charge on any atom is 0.0648 e. The fourth-order valence-corrected chi connectivity index (χ4v) is 16.1. The molecule has 17 aromatic carbocycles. The Hall–Kier alpha value is -12.5. The molecule has 0 aliphatic heterocycles. The average molecular weight is 1190 g/mol. The van der Waals surface area contributed by atoms with Crippen LogP contribution in [0, 0.1) is 0 Å². The van der Waals surface area contributed by atoms with E-state index in [0.717, 1.165) is 11.4 Å². The first-order valence-corrected chi connectivity index (χ1v) is 32.5. The minimum Gasteiger partial charge on any atom is -0.309 e. The van der Waals surface area contributed by atoms with Gasteiger partial charge in [0.25, 0.3) is 0 Å². The lowest BCUT2D eigenvalue weighted by molar-refractivity contribution is 1.18. The molecule has 0 aliphatic carbocycles. The summed E-state index contributed by atoms with van der Waals surface area (Å²) in [6.07, 6.45) is 0. The summed E-state index contributed by atoms with van der Waals surface area (Å²) in [5, 5.41) is 25.4. The maximum atomic E-state index is 2.51. The summed E-state index contributed by atoms with van der Waals surface area (Å²) in [5.41, 5.74) is 16.9. The van der Waals surface area contributed by atoms with Crippen LogP contribution in [0.2, 0.25) is 0 Å². The predicted molar refractivity (Wildman–Crippen MR) is 401 cm³/mol. The number of para-hydroxylation sites is 4. The Morgan fingerprint density at radius 2 is 0.500 bits per heavy atom. The minimum atomic E-state index is 1.15. The maximum absolute atomic E-state index is 2.51. The van der Waals surface area contributed by atoms with Crippen LogP contribution in [-0.2, 0) is 0 Å². The normalized spacial score (nSPS) is 12.0. The number of benzene rings is 17. The number of aromatic nitrogens is 4. The predicted octanol–water partition coefficient (Wildman–Crippen LogP) is 24.3. The van der Waals surface area contributed by atoms with Gasteiger partial charge in [-0.3, -0.25) is 0 Å². The van der Waals surface area contributed by atoms with E-state index in [1.165, 1.54) is 174 Å². The van der Waals surface area contributed by atoms with Crippen molar-refractivity contribution in [3.8, 4) is 33.9 Å². The lowest BCUT2D eigenvalue weighted by Gasteiger charge is -2.14. The molecule has 4 aromatic heterocycles. The zero-order chi connectivity index (χ0) is 61.5. The molecule has 0 bridgehead atoms. The van der Waals surface area contributed by atoms with Crippen LogP contribution in [0.5, 0.6) is 0 Å². The van der Waals surface area contributed by atoms with Gasteiger partial charge in [0.2, 0.25) is 0 Å². The molecule has 0 N–H and O–H groups in total. The second kappa shape index (κ2) is 20.5. The van der Waals surface area contributed by atoms with Gasteiger partial charge in [0, 0.05) is 76.6 Å². The van der Waals surface area contributed by atoms with Crippen molar-refractivity contribution in [3.05, 3.63) is 340 Å². The fraction of sp³-hybridized carbons (Fsp3) is 0. The van der Waals surface area contributed by atoms with Gasteiger partial charge in [-0.15, -0.1) is 0 Å². The summed E-state index contributed by atoms with van der Waals surface area (Å²) >= 11 is 0. The third kappa shape index (κ3) is 7.62. The number of rotatable bonds is 5. The molecule has 0 spiro atoms. The second-order valence-corrected chi connectivity index (χ2v) is 25.0. The van der Waals surface area contributed by atoms with Crippen LogP contribution in [0.25, 0.3) is 186 Å². The Bertz CT molecular complexity index is 6720. The van der Waals surface area contributed by atoms with Crippen LogP contribution in [0.3, 0.4) is 0 Å². The zero-order valence-corrected chi connectivity index (χ0v) is 51.1. The second-order valence-electron chi connectivity index (χ2n) is 25.0. The third-order valence-corrected chi connectivity index (χ3v) is 20.0. The van der Waals surface area contributed by atoms with Crippen molar-refractivity contribution in [2.75, 3.05) is 0 Å². The first-order chi connectivity index (χ1) is 46.7. The van der Waals surface area contributed by atoms with Crippen molar-refractivity contribution in [2.24, 2.45) is 0 Å². The van der Waals surface area contributed by atoms with Crippen molar-refractivity contribution in [1.82, 2.24) is 18.3 Å². The molecule has 21 aromatic rings. The number of hydrogen-bond acceptors (Lipinski definition) is 0. The number of fused-ring (bicyclic) bond motifs is 26. The van der Waals surface area contributed by atoms with Crippen LogP contribution in [0.4, 0.5) is 0 Å². The zero-order valence-electron chi connectivity index (χ0n) is 51.1. The van der Waals surface area contributed by atoms with Crippen molar-refractivity contribution >= 4 is 152 Å². The summed E-state index contributed by atoms with van der Waals surface area (Å²) in [6, 6.07) is 124. The number of hydrogen-bond donors (Lipinski definition) is 0. The minimum absolute atomic E-state index is 1.15. The summed E-state index contributed by atoms with van der Waals surface area (Å²) in [4.78, 5) is 0. The molecule has 94 heavy (non-hydrogen) atoms. The summed E-state index contributed by atoms with van der Waals surface area (Å²) in [5.74, 6) is 0. The van der Waals surface area contributed by atoms with E-state index in [4.69, 9.17) is 0 Å². The van der Waals surface area contributed by atoms with Crippen LogP contribution in [-0.4, -0.2) is 18.3 Å². The van der Waals surface area contributed by atoms with Gasteiger partial charge in [-0.1, -0.05) is 261 Å². The van der Waals surface area contributed by atoms with E-state index < -0.39 is 0 Å². The molecule has 4 heterocycles. The first kappa shape index (κ1) is 52.3. The highest BCUT2D eigenvalue weighted by Gasteiger charge is 2.28. The largest absolute Gasteiger partial charge is 0.309 e. The molecule has 0 aliphatic rings. The first-order valence-electron chi connectivity index (χ1n) is 32.5. The van der Waals surface area contributed by atoms with Crippen molar-refractivity contribution in [2.45, 2.75) is 0 Å². The molecular formula is C90H56N4. The smallest absolute Gasteiger partial charge is 0.0648 e. The van der Waals surface area contributed by atoms with E-state index in [9.17, 15) is 0 Å². The molecule has 0 atom stereocenters. The van der Waals surface area contributed by atoms with Crippen LogP contribution >= 0.6 is 0 Å². The molecule has 21 rings (SSSR count). The van der Waals surface area contributed by atoms with Gasteiger partial charge in [-0.05, 0) is 144 Å².